The second-order valence-electron chi connectivity index (χ2n) is 5.97. The Morgan fingerprint density at radius 1 is 1.31 bits per heavy atom. The normalized spacial score (nSPS) is 10.7. The average Bonchev–Trinajstić information content (AvgIpc) is 3.30. The molecule has 10 heteroatoms. The van der Waals surface area contributed by atoms with E-state index in [0.29, 0.717) is 21.5 Å². The third-order valence-corrected chi connectivity index (χ3v) is 6.18. The first-order valence-corrected chi connectivity index (χ1v) is 10.9. The van der Waals surface area contributed by atoms with Gasteiger partial charge in [0.1, 0.15) is 5.00 Å². The number of aryl methyl sites for hydroxylation is 1. The third-order valence-electron chi connectivity index (χ3n) is 3.97. The van der Waals surface area contributed by atoms with Crippen LogP contribution >= 0.6 is 23.1 Å². The van der Waals surface area contributed by atoms with E-state index in [9.17, 15) is 9.59 Å². The fourth-order valence-electron chi connectivity index (χ4n) is 2.55. The van der Waals surface area contributed by atoms with Gasteiger partial charge in [-0.1, -0.05) is 18.7 Å². The van der Waals surface area contributed by atoms with Crippen LogP contribution in [0.25, 0.3) is 11.4 Å². The van der Waals surface area contributed by atoms with Gasteiger partial charge in [0.25, 0.3) is 0 Å². The van der Waals surface area contributed by atoms with Gasteiger partial charge in [0.2, 0.25) is 5.91 Å². The number of amides is 1. The summed E-state index contributed by atoms with van der Waals surface area (Å²) in [6.07, 6.45) is 4.18. The Bertz CT molecular complexity index is 1000. The molecule has 0 bridgehead atoms. The maximum Gasteiger partial charge on any atom is 0.341 e. The van der Waals surface area contributed by atoms with Gasteiger partial charge in [-0.2, -0.15) is 0 Å². The standard InChI is InChI=1S/C19H21N5O3S2/c1-4-13-9-14(18(26)27-5-2)17(29-13)21-15(25)11-28-19-23-22-16(24(19)3)12-7-6-8-20-10-12/h6-10H,4-5,11H2,1-3H3,(H,21,25). The Morgan fingerprint density at radius 2 is 2.14 bits per heavy atom. The lowest BCUT2D eigenvalue weighted by Crippen LogP contribution is -2.16. The minimum Gasteiger partial charge on any atom is -0.462 e. The summed E-state index contributed by atoms with van der Waals surface area (Å²) in [5.41, 5.74) is 1.24. The number of rotatable bonds is 8. The van der Waals surface area contributed by atoms with E-state index < -0.39 is 5.97 Å². The number of thiophene rings is 1. The number of nitrogens with zero attached hydrogens (tertiary/aromatic N) is 4. The van der Waals surface area contributed by atoms with Crippen LogP contribution in [0.1, 0.15) is 29.1 Å². The van der Waals surface area contributed by atoms with E-state index in [-0.39, 0.29) is 18.3 Å². The lowest BCUT2D eigenvalue weighted by atomic mass is 10.2. The molecule has 0 aromatic carbocycles. The molecule has 152 valence electrons. The molecule has 0 aliphatic heterocycles. The molecule has 8 nitrogen and oxygen atoms in total. The Kier molecular flexibility index (Phi) is 6.99. The molecule has 0 saturated heterocycles. The van der Waals surface area contributed by atoms with Gasteiger partial charge in [-0.05, 0) is 31.5 Å². The SMILES string of the molecule is CCOC(=O)c1cc(CC)sc1NC(=O)CSc1nnc(-c2cccnc2)n1C. The van der Waals surface area contributed by atoms with E-state index in [1.54, 1.807) is 25.4 Å². The van der Waals surface area contributed by atoms with Gasteiger partial charge in [0, 0.05) is 29.9 Å². The highest BCUT2D eigenvalue weighted by atomic mass is 32.2. The molecule has 0 aliphatic carbocycles. The number of anilines is 1. The van der Waals surface area contributed by atoms with Crippen molar-refractivity contribution in [2.24, 2.45) is 7.05 Å². The molecule has 3 heterocycles. The number of ether oxygens (including phenoxy) is 1. The monoisotopic (exact) mass is 431 g/mol. The van der Waals surface area contributed by atoms with Gasteiger partial charge in [0.05, 0.1) is 17.9 Å². The number of nitrogens with one attached hydrogen (secondary N) is 1. The Labute approximate surface area is 176 Å². The first-order chi connectivity index (χ1) is 14.0. The number of aromatic nitrogens is 4. The molecule has 0 aliphatic rings. The maximum absolute atomic E-state index is 12.5. The van der Waals surface area contributed by atoms with Crippen LogP contribution in [0, 0.1) is 0 Å². The molecule has 0 atom stereocenters. The van der Waals surface area contributed by atoms with Crippen molar-refractivity contribution in [3.63, 3.8) is 0 Å². The molecule has 0 radical (unpaired) electrons. The second kappa shape index (κ2) is 9.66. The maximum atomic E-state index is 12.5. The van der Waals surface area contributed by atoms with E-state index in [0.717, 1.165) is 16.9 Å². The first-order valence-electron chi connectivity index (χ1n) is 9.05. The molecule has 1 amide bonds. The summed E-state index contributed by atoms with van der Waals surface area (Å²) >= 11 is 2.66. The molecule has 1 N–H and O–H groups in total. The van der Waals surface area contributed by atoms with Crippen molar-refractivity contribution in [2.75, 3.05) is 17.7 Å². The van der Waals surface area contributed by atoms with E-state index in [4.69, 9.17) is 4.74 Å². The summed E-state index contributed by atoms with van der Waals surface area (Å²) in [4.78, 5) is 29.7. The number of hydrogen-bond acceptors (Lipinski definition) is 8. The van der Waals surface area contributed by atoms with E-state index >= 15 is 0 Å². The van der Waals surface area contributed by atoms with Crippen molar-refractivity contribution in [3.8, 4) is 11.4 Å². The highest BCUT2D eigenvalue weighted by Crippen LogP contribution is 2.30. The van der Waals surface area contributed by atoms with Crippen LogP contribution < -0.4 is 5.32 Å². The minimum absolute atomic E-state index is 0.140. The van der Waals surface area contributed by atoms with Crippen molar-refractivity contribution < 1.29 is 14.3 Å². The smallest absolute Gasteiger partial charge is 0.341 e. The molecule has 29 heavy (non-hydrogen) atoms. The number of thioether (sulfide) groups is 1. The van der Waals surface area contributed by atoms with Crippen molar-refractivity contribution in [3.05, 3.63) is 41.0 Å². The molecule has 3 aromatic rings. The highest BCUT2D eigenvalue weighted by molar-refractivity contribution is 7.99. The molecular formula is C19H21N5O3S2. The van der Waals surface area contributed by atoms with Crippen LogP contribution in [0.4, 0.5) is 5.00 Å². The molecule has 3 rings (SSSR count). The van der Waals surface area contributed by atoms with Crippen molar-refractivity contribution in [2.45, 2.75) is 25.4 Å². The van der Waals surface area contributed by atoms with Crippen LogP contribution in [0.3, 0.4) is 0 Å². The fraction of sp³-hybridized carbons (Fsp3) is 0.316. The van der Waals surface area contributed by atoms with Gasteiger partial charge in [-0.25, -0.2) is 4.79 Å². The van der Waals surface area contributed by atoms with Crippen LogP contribution in [0.5, 0.6) is 0 Å². The zero-order valence-electron chi connectivity index (χ0n) is 16.3. The number of hydrogen-bond donors (Lipinski definition) is 1. The summed E-state index contributed by atoms with van der Waals surface area (Å²) in [7, 11) is 1.84. The van der Waals surface area contributed by atoms with Crippen molar-refractivity contribution in [1.82, 2.24) is 19.7 Å². The van der Waals surface area contributed by atoms with Crippen molar-refractivity contribution in [1.29, 1.82) is 0 Å². The zero-order chi connectivity index (χ0) is 20.8. The number of esters is 1. The molecule has 0 saturated carbocycles. The number of carbonyl (C=O) groups excluding carboxylic acids is 2. The van der Waals surface area contributed by atoms with Gasteiger partial charge in [-0.3, -0.25) is 9.78 Å². The van der Waals surface area contributed by atoms with E-state index in [1.807, 2.05) is 30.7 Å². The summed E-state index contributed by atoms with van der Waals surface area (Å²) in [5.74, 6) is 0.161. The molecule has 0 fully saturated rings. The lowest BCUT2D eigenvalue weighted by Gasteiger charge is -2.06. The predicted molar refractivity (Wildman–Crippen MR) is 113 cm³/mol. The van der Waals surface area contributed by atoms with Gasteiger partial charge < -0.3 is 14.6 Å². The molecule has 3 aromatic heterocycles. The lowest BCUT2D eigenvalue weighted by molar-refractivity contribution is -0.113. The Balaban J connectivity index is 1.66. The molecule has 0 unspecified atom stereocenters. The van der Waals surface area contributed by atoms with Gasteiger partial charge in [-0.15, -0.1) is 21.5 Å². The fourth-order valence-corrected chi connectivity index (χ4v) is 4.26. The number of pyridine rings is 1. The minimum atomic E-state index is -0.430. The summed E-state index contributed by atoms with van der Waals surface area (Å²) in [5, 5.41) is 12.3. The Morgan fingerprint density at radius 3 is 2.83 bits per heavy atom. The molecular weight excluding hydrogens is 410 g/mol. The zero-order valence-corrected chi connectivity index (χ0v) is 18.0. The summed E-state index contributed by atoms with van der Waals surface area (Å²) in [6.45, 7) is 4.03. The Hall–Kier alpha value is -2.72. The topological polar surface area (TPSA) is 99.0 Å². The largest absolute Gasteiger partial charge is 0.462 e. The third kappa shape index (κ3) is 5.01. The van der Waals surface area contributed by atoms with Gasteiger partial charge in [0.15, 0.2) is 11.0 Å². The van der Waals surface area contributed by atoms with Crippen LogP contribution in [0.2, 0.25) is 0 Å². The quantitative estimate of drug-likeness (QED) is 0.431. The van der Waals surface area contributed by atoms with Crippen LogP contribution in [0.15, 0.2) is 35.7 Å². The first kappa shape index (κ1) is 21.0. The van der Waals surface area contributed by atoms with Crippen LogP contribution in [-0.2, 0) is 23.0 Å². The predicted octanol–water partition coefficient (Wildman–Crippen LogP) is 3.41. The summed E-state index contributed by atoms with van der Waals surface area (Å²) in [6, 6.07) is 5.50. The van der Waals surface area contributed by atoms with Crippen LogP contribution in [-0.4, -0.2) is 44.0 Å². The molecule has 0 spiro atoms. The summed E-state index contributed by atoms with van der Waals surface area (Å²) < 4.78 is 6.90. The highest BCUT2D eigenvalue weighted by Gasteiger charge is 2.19. The van der Waals surface area contributed by atoms with Crippen molar-refractivity contribution >= 4 is 40.0 Å². The number of carbonyl (C=O) groups is 2. The van der Waals surface area contributed by atoms with Gasteiger partial charge >= 0.3 is 5.97 Å². The van der Waals surface area contributed by atoms with E-state index in [2.05, 4.69) is 20.5 Å². The second-order valence-corrected chi connectivity index (χ2v) is 8.05. The average molecular weight is 432 g/mol. The van der Waals surface area contributed by atoms with E-state index in [1.165, 1.54) is 23.1 Å².